The second-order valence-corrected chi connectivity index (χ2v) is 10.0. The Hall–Kier alpha value is -3.98. The first-order valence-electron chi connectivity index (χ1n) is 13.1. The van der Waals surface area contributed by atoms with Crippen LogP contribution in [0.2, 0.25) is 0 Å². The van der Waals surface area contributed by atoms with Gasteiger partial charge in [0.25, 0.3) is 0 Å². The van der Waals surface area contributed by atoms with Crippen molar-refractivity contribution in [2.24, 2.45) is 5.92 Å². The lowest BCUT2D eigenvalue weighted by Gasteiger charge is -2.36. The fraction of sp³-hybridized carbons (Fsp3) is 0.310. The smallest absolute Gasteiger partial charge is 0.227 e. The van der Waals surface area contributed by atoms with Gasteiger partial charge < -0.3 is 15.1 Å². The van der Waals surface area contributed by atoms with Crippen molar-refractivity contribution in [1.29, 1.82) is 0 Å². The number of piperidine rings is 1. The third-order valence-corrected chi connectivity index (χ3v) is 7.76. The van der Waals surface area contributed by atoms with E-state index in [1.165, 1.54) is 0 Å². The van der Waals surface area contributed by atoms with Gasteiger partial charge in [-0.25, -0.2) is 9.97 Å². The molecule has 1 N–H and O–H groups in total. The van der Waals surface area contributed by atoms with Gasteiger partial charge in [0.1, 0.15) is 11.0 Å². The summed E-state index contributed by atoms with van der Waals surface area (Å²) in [6.07, 6.45) is 5.41. The molecule has 1 aliphatic rings. The SMILES string of the molecule is CCN(CC)C(=O)[C@H]1CCCN(C(=S)Nc2ccc3nc4c5ncccc5c5cccnc5c4nc3c2)C1. The molecule has 2 aromatic carbocycles. The highest BCUT2D eigenvalue weighted by Crippen LogP contribution is 2.32. The summed E-state index contributed by atoms with van der Waals surface area (Å²) in [7, 11) is 0. The number of amides is 1. The number of hydrogen-bond donors (Lipinski definition) is 1. The first-order chi connectivity index (χ1) is 18.6. The average Bonchev–Trinajstić information content (AvgIpc) is 2.97. The van der Waals surface area contributed by atoms with E-state index in [9.17, 15) is 4.79 Å². The van der Waals surface area contributed by atoms with Crippen LogP contribution in [0.3, 0.4) is 0 Å². The van der Waals surface area contributed by atoms with Crippen molar-refractivity contribution in [3.63, 3.8) is 0 Å². The zero-order valence-corrected chi connectivity index (χ0v) is 22.3. The number of aromatic nitrogens is 4. The Morgan fingerprint density at radius 1 is 0.974 bits per heavy atom. The third-order valence-electron chi connectivity index (χ3n) is 7.40. The molecular weight excluding hydrogens is 494 g/mol. The molecule has 8 nitrogen and oxygen atoms in total. The lowest BCUT2D eigenvalue weighted by atomic mass is 9.96. The van der Waals surface area contributed by atoms with Crippen LogP contribution >= 0.6 is 12.2 Å². The van der Waals surface area contributed by atoms with Crippen LogP contribution in [0.15, 0.2) is 54.9 Å². The Balaban J connectivity index is 1.32. The molecule has 1 aliphatic heterocycles. The minimum Gasteiger partial charge on any atom is -0.348 e. The van der Waals surface area contributed by atoms with E-state index < -0.39 is 0 Å². The largest absolute Gasteiger partial charge is 0.348 e. The van der Waals surface area contributed by atoms with Gasteiger partial charge in [-0.15, -0.1) is 0 Å². The second kappa shape index (κ2) is 10.1. The van der Waals surface area contributed by atoms with E-state index >= 15 is 0 Å². The monoisotopic (exact) mass is 523 g/mol. The Labute approximate surface area is 226 Å². The molecule has 9 heteroatoms. The van der Waals surface area contributed by atoms with Crippen LogP contribution in [0.4, 0.5) is 5.69 Å². The summed E-state index contributed by atoms with van der Waals surface area (Å²) in [5, 5.41) is 6.01. The van der Waals surface area contributed by atoms with E-state index in [2.05, 4.69) is 20.2 Å². The van der Waals surface area contributed by atoms with Crippen LogP contribution in [-0.4, -0.2) is 66.9 Å². The van der Waals surface area contributed by atoms with Crippen molar-refractivity contribution in [2.75, 3.05) is 31.5 Å². The predicted octanol–water partition coefficient (Wildman–Crippen LogP) is 5.16. The van der Waals surface area contributed by atoms with E-state index in [0.29, 0.717) is 11.7 Å². The van der Waals surface area contributed by atoms with Crippen LogP contribution in [0, 0.1) is 5.92 Å². The minimum atomic E-state index is -0.0264. The topological polar surface area (TPSA) is 87.1 Å². The number of nitrogens with one attached hydrogen (secondary N) is 1. The Bertz CT molecular complexity index is 1700. The van der Waals surface area contributed by atoms with Crippen LogP contribution in [0.25, 0.3) is 43.9 Å². The molecule has 0 unspecified atom stereocenters. The second-order valence-electron chi connectivity index (χ2n) is 9.65. The first kappa shape index (κ1) is 24.4. The maximum absolute atomic E-state index is 12.9. The highest BCUT2D eigenvalue weighted by atomic mass is 32.1. The number of carbonyl (C=O) groups is 1. The molecule has 1 amide bonds. The Morgan fingerprint density at radius 3 is 2.29 bits per heavy atom. The molecule has 0 spiro atoms. The molecular formula is C29H29N7OS. The molecule has 1 saturated heterocycles. The van der Waals surface area contributed by atoms with Gasteiger partial charge in [-0.05, 0) is 69.2 Å². The van der Waals surface area contributed by atoms with Gasteiger partial charge in [0.15, 0.2) is 5.11 Å². The summed E-state index contributed by atoms with van der Waals surface area (Å²) in [6.45, 7) is 6.99. The molecule has 3 aromatic heterocycles. The molecule has 1 fully saturated rings. The molecule has 0 bridgehead atoms. The molecule has 0 radical (unpaired) electrons. The third kappa shape index (κ3) is 4.26. The van der Waals surface area contributed by atoms with Gasteiger partial charge in [0.05, 0.1) is 28.0 Å². The van der Waals surface area contributed by atoms with E-state index in [1.54, 1.807) is 12.4 Å². The lowest BCUT2D eigenvalue weighted by molar-refractivity contribution is -0.136. The number of hydrogen-bond acceptors (Lipinski definition) is 6. The summed E-state index contributed by atoms with van der Waals surface area (Å²) in [4.78, 5) is 36.2. The standard InChI is InChI=1S/C29H29N7OS/c1-3-35(4-2)28(37)18-8-7-15-36(17-18)29(38)32-19-11-12-22-23(16-19)34-27-25-21(10-6-14-31-25)20-9-5-13-30-24(20)26(27)33-22/h5-6,9-14,16,18H,3-4,7-8,15,17H2,1-2H3,(H,32,38)/t18-/m0/s1. The minimum absolute atomic E-state index is 0.0264. The number of benzene rings is 2. The summed E-state index contributed by atoms with van der Waals surface area (Å²) >= 11 is 5.77. The van der Waals surface area contributed by atoms with Gasteiger partial charge in [-0.1, -0.05) is 12.1 Å². The number of thiocarbonyl (C=S) groups is 1. The van der Waals surface area contributed by atoms with E-state index in [1.807, 2.05) is 61.2 Å². The Kier molecular flexibility index (Phi) is 6.45. The van der Waals surface area contributed by atoms with Gasteiger partial charge in [0, 0.05) is 55.0 Å². The highest BCUT2D eigenvalue weighted by Gasteiger charge is 2.29. The predicted molar refractivity (Wildman–Crippen MR) is 156 cm³/mol. The Morgan fingerprint density at radius 2 is 1.63 bits per heavy atom. The number of pyridine rings is 2. The highest BCUT2D eigenvalue weighted by molar-refractivity contribution is 7.80. The van der Waals surface area contributed by atoms with Crippen LogP contribution in [0.1, 0.15) is 26.7 Å². The quantitative estimate of drug-likeness (QED) is 0.196. The van der Waals surface area contributed by atoms with Gasteiger partial charge in [-0.3, -0.25) is 14.8 Å². The number of likely N-dealkylation sites (tertiary alicyclic amines) is 1. The molecule has 192 valence electrons. The molecule has 0 aliphatic carbocycles. The summed E-state index contributed by atoms with van der Waals surface area (Å²) in [6, 6.07) is 13.8. The van der Waals surface area contributed by atoms with Gasteiger partial charge in [0.2, 0.25) is 5.91 Å². The molecule has 5 aromatic rings. The van der Waals surface area contributed by atoms with E-state index in [4.69, 9.17) is 22.2 Å². The van der Waals surface area contributed by atoms with Crippen LogP contribution in [-0.2, 0) is 4.79 Å². The van der Waals surface area contributed by atoms with Crippen molar-refractivity contribution >= 4 is 72.8 Å². The summed E-state index contributed by atoms with van der Waals surface area (Å²) in [5.74, 6) is 0.194. The molecule has 38 heavy (non-hydrogen) atoms. The molecule has 1 atom stereocenters. The number of fused-ring (bicyclic) bond motifs is 7. The zero-order chi connectivity index (χ0) is 26.2. The number of anilines is 1. The molecule has 4 heterocycles. The lowest BCUT2D eigenvalue weighted by Crippen LogP contribution is -2.47. The normalized spacial score (nSPS) is 15.8. The summed E-state index contributed by atoms with van der Waals surface area (Å²) < 4.78 is 0. The van der Waals surface area contributed by atoms with Crippen molar-refractivity contribution in [3.8, 4) is 0 Å². The molecule has 0 saturated carbocycles. The number of nitrogens with zero attached hydrogens (tertiary/aromatic N) is 6. The number of rotatable bonds is 4. The van der Waals surface area contributed by atoms with Crippen molar-refractivity contribution in [1.82, 2.24) is 29.7 Å². The first-order valence-corrected chi connectivity index (χ1v) is 13.6. The van der Waals surface area contributed by atoms with Crippen LogP contribution in [0.5, 0.6) is 0 Å². The zero-order valence-electron chi connectivity index (χ0n) is 21.5. The maximum Gasteiger partial charge on any atom is 0.227 e. The fourth-order valence-electron chi connectivity index (χ4n) is 5.44. The maximum atomic E-state index is 12.9. The van der Waals surface area contributed by atoms with Crippen LogP contribution < -0.4 is 5.32 Å². The van der Waals surface area contributed by atoms with Gasteiger partial charge >= 0.3 is 0 Å². The van der Waals surface area contributed by atoms with Crippen molar-refractivity contribution in [3.05, 3.63) is 54.9 Å². The number of carbonyl (C=O) groups excluding carboxylic acids is 1. The average molecular weight is 524 g/mol. The van der Waals surface area contributed by atoms with E-state index in [0.717, 1.165) is 82.0 Å². The van der Waals surface area contributed by atoms with Gasteiger partial charge in [-0.2, -0.15) is 0 Å². The van der Waals surface area contributed by atoms with Crippen molar-refractivity contribution < 1.29 is 4.79 Å². The van der Waals surface area contributed by atoms with Crippen molar-refractivity contribution in [2.45, 2.75) is 26.7 Å². The fourth-order valence-corrected chi connectivity index (χ4v) is 5.73. The summed E-state index contributed by atoms with van der Waals surface area (Å²) in [5.41, 5.74) is 5.47. The molecule has 6 rings (SSSR count). The van der Waals surface area contributed by atoms with E-state index in [-0.39, 0.29) is 11.8 Å².